The van der Waals surface area contributed by atoms with E-state index >= 15 is 0 Å². The topological polar surface area (TPSA) is 84.2 Å². The molecule has 2 fully saturated rings. The fourth-order valence-corrected chi connectivity index (χ4v) is 3.78. The number of nitrogens with zero attached hydrogens (tertiary/aromatic N) is 7. The van der Waals surface area contributed by atoms with Gasteiger partial charge in [0.15, 0.2) is 0 Å². The normalized spacial score (nSPS) is 17.7. The van der Waals surface area contributed by atoms with E-state index in [0.717, 1.165) is 50.8 Å². The zero-order valence-electron chi connectivity index (χ0n) is 16.7. The molecule has 0 atom stereocenters. The molecule has 1 N–H and O–H groups in total. The number of aromatic nitrogens is 5. The highest BCUT2D eigenvalue weighted by molar-refractivity contribution is 5.56. The Bertz CT molecular complexity index is 1040. The van der Waals surface area contributed by atoms with Gasteiger partial charge in [0, 0.05) is 45.9 Å². The van der Waals surface area contributed by atoms with Gasteiger partial charge in [-0.2, -0.15) is 9.37 Å². The number of nitrogens with one attached hydrogen (secondary N) is 1. The fourth-order valence-electron chi connectivity index (χ4n) is 3.78. The van der Waals surface area contributed by atoms with Crippen LogP contribution in [0.4, 0.5) is 22.0 Å². The first-order valence-corrected chi connectivity index (χ1v) is 10.00. The van der Waals surface area contributed by atoms with Crippen molar-refractivity contribution >= 4 is 17.6 Å². The van der Waals surface area contributed by atoms with Crippen LogP contribution < -0.4 is 10.2 Å². The molecular formula is C20H25FN8O. The van der Waals surface area contributed by atoms with Crippen LogP contribution in [0.2, 0.25) is 0 Å². The Morgan fingerprint density at radius 2 is 2.00 bits per heavy atom. The van der Waals surface area contributed by atoms with Gasteiger partial charge in [0.25, 0.3) is 0 Å². The number of morpholine rings is 1. The quantitative estimate of drug-likeness (QED) is 0.637. The Balaban J connectivity index is 0.00000231. The molecule has 2 aliphatic heterocycles. The molecule has 10 heteroatoms. The third-order valence-electron chi connectivity index (χ3n) is 5.41. The summed E-state index contributed by atoms with van der Waals surface area (Å²) in [5.41, 5.74) is 1.66. The standard InChI is InChI=1S/C20H23FN8O.H2/c1-14-8-18(25-20-23-13-29(26-20)15-2-3-22-17(21)10-15)24-19(9-14)28-11-16(12-28)27-4-6-30-7-5-27;/h2-3,8-10,13,16H,4-7,11-12H2,1H3,(H,24,25,26);1H. The molecule has 0 unspecified atom stereocenters. The Hall–Kier alpha value is -3.11. The molecule has 5 rings (SSSR count). The van der Waals surface area contributed by atoms with Crippen LogP contribution >= 0.6 is 0 Å². The smallest absolute Gasteiger partial charge is 0.248 e. The molecule has 0 spiro atoms. The summed E-state index contributed by atoms with van der Waals surface area (Å²) in [6.45, 7) is 7.62. The van der Waals surface area contributed by atoms with Crippen molar-refractivity contribution in [2.45, 2.75) is 13.0 Å². The Morgan fingerprint density at radius 3 is 2.80 bits per heavy atom. The molecule has 3 aromatic rings. The molecule has 5 heterocycles. The molecule has 2 saturated heterocycles. The van der Waals surface area contributed by atoms with Crippen molar-refractivity contribution in [1.82, 2.24) is 29.6 Å². The highest BCUT2D eigenvalue weighted by Gasteiger charge is 2.33. The highest BCUT2D eigenvalue weighted by atomic mass is 19.1. The second-order valence-electron chi connectivity index (χ2n) is 7.57. The Morgan fingerprint density at radius 1 is 1.17 bits per heavy atom. The molecule has 3 aromatic heterocycles. The van der Waals surface area contributed by atoms with Crippen LogP contribution in [0.3, 0.4) is 0 Å². The van der Waals surface area contributed by atoms with E-state index in [0.29, 0.717) is 23.5 Å². The summed E-state index contributed by atoms with van der Waals surface area (Å²) < 4.78 is 20.3. The van der Waals surface area contributed by atoms with Gasteiger partial charge in [0.05, 0.1) is 18.9 Å². The maximum atomic E-state index is 13.3. The van der Waals surface area contributed by atoms with Crippen LogP contribution in [-0.2, 0) is 4.74 Å². The van der Waals surface area contributed by atoms with E-state index in [2.05, 4.69) is 36.2 Å². The molecule has 0 aromatic carbocycles. The van der Waals surface area contributed by atoms with Gasteiger partial charge < -0.3 is 15.0 Å². The lowest BCUT2D eigenvalue weighted by Crippen LogP contribution is -2.61. The maximum Gasteiger partial charge on any atom is 0.248 e. The molecule has 0 amide bonds. The molecule has 158 valence electrons. The molecular weight excluding hydrogens is 387 g/mol. The van der Waals surface area contributed by atoms with Gasteiger partial charge >= 0.3 is 0 Å². The van der Waals surface area contributed by atoms with Gasteiger partial charge in [0.2, 0.25) is 11.9 Å². The largest absolute Gasteiger partial charge is 0.379 e. The predicted octanol–water partition coefficient (Wildman–Crippen LogP) is 2.02. The minimum atomic E-state index is -0.563. The van der Waals surface area contributed by atoms with Crippen molar-refractivity contribution in [1.29, 1.82) is 0 Å². The molecule has 0 aliphatic carbocycles. The van der Waals surface area contributed by atoms with E-state index in [1.54, 1.807) is 6.07 Å². The number of anilines is 3. The van der Waals surface area contributed by atoms with E-state index in [9.17, 15) is 4.39 Å². The van der Waals surface area contributed by atoms with Gasteiger partial charge in [-0.3, -0.25) is 4.90 Å². The van der Waals surface area contributed by atoms with Gasteiger partial charge in [-0.25, -0.2) is 14.6 Å². The number of hydrogen-bond donors (Lipinski definition) is 1. The molecule has 0 bridgehead atoms. The number of aryl methyl sites for hydroxylation is 1. The molecule has 2 aliphatic rings. The van der Waals surface area contributed by atoms with Gasteiger partial charge in [-0.15, -0.1) is 5.10 Å². The number of halogens is 1. The van der Waals surface area contributed by atoms with Crippen molar-refractivity contribution in [2.75, 3.05) is 49.6 Å². The lowest BCUT2D eigenvalue weighted by atomic mass is 10.1. The van der Waals surface area contributed by atoms with E-state index in [1.165, 1.54) is 23.3 Å². The second kappa shape index (κ2) is 7.96. The second-order valence-corrected chi connectivity index (χ2v) is 7.57. The first-order chi connectivity index (χ1) is 14.6. The summed E-state index contributed by atoms with van der Waals surface area (Å²) in [5.74, 6) is 1.45. The molecule has 0 radical (unpaired) electrons. The lowest BCUT2D eigenvalue weighted by molar-refractivity contribution is 0.0104. The zero-order valence-corrected chi connectivity index (χ0v) is 16.7. The third-order valence-corrected chi connectivity index (χ3v) is 5.41. The summed E-state index contributed by atoms with van der Waals surface area (Å²) in [6.07, 6.45) is 2.92. The van der Waals surface area contributed by atoms with Crippen molar-refractivity contribution in [3.8, 4) is 5.69 Å². The van der Waals surface area contributed by atoms with Gasteiger partial charge in [-0.1, -0.05) is 0 Å². The van der Waals surface area contributed by atoms with E-state index in [4.69, 9.17) is 9.72 Å². The third kappa shape index (κ3) is 3.96. The van der Waals surface area contributed by atoms with Crippen LogP contribution in [-0.4, -0.2) is 75.1 Å². The molecule has 9 nitrogen and oxygen atoms in total. The van der Waals surface area contributed by atoms with Crippen LogP contribution in [0.25, 0.3) is 5.69 Å². The van der Waals surface area contributed by atoms with Crippen molar-refractivity contribution in [3.05, 3.63) is 48.3 Å². The van der Waals surface area contributed by atoms with E-state index < -0.39 is 5.95 Å². The van der Waals surface area contributed by atoms with E-state index in [-0.39, 0.29) is 1.43 Å². The average molecular weight is 412 g/mol. The average Bonchev–Trinajstić information content (AvgIpc) is 3.16. The van der Waals surface area contributed by atoms with Gasteiger partial charge in [0.1, 0.15) is 18.0 Å². The van der Waals surface area contributed by atoms with Crippen molar-refractivity contribution in [3.63, 3.8) is 0 Å². The van der Waals surface area contributed by atoms with Crippen LogP contribution in [0.1, 0.15) is 6.99 Å². The number of pyridine rings is 2. The van der Waals surface area contributed by atoms with Crippen molar-refractivity contribution in [2.24, 2.45) is 0 Å². The molecule has 0 saturated carbocycles. The van der Waals surface area contributed by atoms with Crippen LogP contribution in [0, 0.1) is 12.9 Å². The summed E-state index contributed by atoms with van der Waals surface area (Å²) in [4.78, 5) is 17.3. The van der Waals surface area contributed by atoms with Crippen LogP contribution in [0.5, 0.6) is 0 Å². The Kier molecular flexibility index (Phi) is 5.01. The van der Waals surface area contributed by atoms with Crippen molar-refractivity contribution < 1.29 is 10.6 Å². The minimum Gasteiger partial charge on any atom is -0.379 e. The first kappa shape index (κ1) is 18.9. The van der Waals surface area contributed by atoms with E-state index in [1.807, 2.05) is 13.0 Å². The maximum absolute atomic E-state index is 13.3. The minimum absolute atomic E-state index is 0. The summed E-state index contributed by atoms with van der Waals surface area (Å²) >= 11 is 0. The summed E-state index contributed by atoms with van der Waals surface area (Å²) in [6, 6.07) is 7.57. The van der Waals surface area contributed by atoms with Gasteiger partial charge in [-0.05, 0) is 30.7 Å². The fraction of sp³-hybridized carbons (Fsp3) is 0.400. The summed E-state index contributed by atoms with van der Waals surface area (Å²) in [5, 5.41) is 7.51. The molecule has 30 heavy (non-hydrogen) atoms. The monoisotopic (exact) mass is 412 g/mol. The Labute approximate surface area is 175 Å². The first-order valence-electron chi connectivity index (χ1n) is 10.00. The highest BCUT2D eigenvalue weighted by Crippen LogP contribution is 2.26. The lowest BCUT2D eigenvalue weighted by Gasteiger charge is -2.47. The number of rotatable bonds is 5. The zero-order chi connectivity index (χ0) is 20.5. The van der Waals surface area contributed by atoms with Crippen LogP contribution in [0.15, 0.2) is 36.8 Å². The SMILES string of the molecule is Cc1cc(Nc2ncn(-c3ccnc(F)c3)n2)nc(N2CC(N3CCOCC3)C2)c1.[HH]. The number of ether oxygens (including phenoxy) is 1. The summed E-state index contributed by atoms with van der Waals surface area (Å²) in [7, 11) is 0. The number of hydrogen-bond acceptors (Lipinski definition) is 8. The predicted molar refractivity (Wildman–Crippen MR) is 112 cm³/mol.